The zero-order valence-corrected chi connectivity index (χ0v) is 44.3. The van der Waals surface area contributed by atoms with E-state index in [1.807, 2.05) is 23.5 Å². The molecule has 18 rings (SSSR count). The van der Waals surface area contributed by atoms with Gasteiger partial charge in [0.2, 0.25) is 0 Å². The average molecular weight is 1040 g/mol. The van der Waals surface area contributed by atoms with E-state index in [0.29, 0.717) is 0 Å². The molecule has 4 heteroatoms. The first kappa shape index (κ1) is 44.0. The first-order valence-corrected chi connectivity index (χ1v) is 29.0. The molecule has 0 unspecified atom stereocenters. The Morgan fingerprint density at radius 1 is 0.253 bits per heavy atom. The summed E-state index contributed by atoms with van der Waals surface area (Å²) < 4.78 is 6.79. The van der Waals surface area contributed by atoms with Crippen LogP contribution < -0.4 is 9.64 Å². The molecule has 0 fully saturated rings. The number of hydrogen-bond donors (Lipinski definition) is 0. The molecule has 0 atom stereocenters. The quantitative estimate of drug-likeness (QED) is 0.175. The maximum Gasteiger partial charge on any atom is 0.132 e. The van der Waals surface area contributed by atoms with Crippen molar-refractivity contribution in [3.8, 4) is 44.9 Å². The van der Waals surface area contributed by atoms with Crippen molar-refractivity contribution in [3.05, 3.63) is 340 Å². The van der Waals surface area contributed by atoms with Gasteiger partial charge in [0, 0.05) is 47.5 Å². The maximum absolute atomic E-state index is 6.79. The van der Waals surface area contributed by atoms with Gasteiger partial charge < -0.3 is 9.64 Å². The van der Waals surface area contributed by atoms with Gasteiger partial charge in [-0.15, -0.1) is 0 Å². The van der Waals surface area contributed by atoms with Crippen LogP contribution in [0.4, 0.5) is 17.1 Å². The summed E-state index contributed by atoms with van der Waals surface area (Å²) in [5.41, 5.74) is 24.5. The molecule has 0 saturated heterocycles. The molecule has 12 aromatic carbocycles. The van der Waals surface area contributed by atoms with E-state index in [0.717, 1.165) is 39.7 Å². The van der Waals surface area contributed by atoms with Crippen molar-refractivity contribution in [2.75, 3.05) is 4.90 Å². The van der Waals surface area contributed by atoms with Crippen LogP contribution in [0.3, 0.4) is 0 Å². The molecule has 0 bridgehead atoms. The molecular weight excluding hydrogens is 995 g/mol. The summed E-state index contributed by atoms with van der Waals surface area (Å²) >= 11 is 3.78. The number of fused-ring (bicyclic) bond motifs is 27. The predicted molar refractivity (Wildman–Crippen MR) is 321 cm³/mol. The van der Waals surface area contributed by atoms with Crippen LogP contribution in [0.25, 0.3) is 33.4 Å². The Kier molecular flexibility index (Phi) is 8.92. The molecule has 0 aromatic heterocycles. The van der Waals surface area contributed by atoms with Crippen LogP contribution in [0.15, 0.2) is 293 Å². The Balaban J connectivity index is 0.969. The van der Waals surface area contributed by atoms with Crippen LogP contribution in [0, 0.1) is 0 Å². The van der Waals surface area contributed by atoms with E-state index in [9.17, 15) is 0 Å². The minimum absolute atomic E-state index is 0.554. The predicted octanol–water partition coefficient (Wildman–Crippen LogP) is 19.3. The maximum atomic E-state index is 6.79. The highest BCUT2D eigenvalue weighted by atomic mass is 32.2. The molecule has 79 heavy (non-hydrogen) atoms. The van der Waals surface area contributed by atoms with Gasteiger partial charge in [-0.05, 0) is 139 Å². The lowest BCUT2D eigenvalue weighted by Crippen LogP contribution is -2.32. The fraction of sp³-hybridized carbons (Fsp3) is 0.0400. The fourth-order valence-corrected chi connectivity index (χ4v) is 17.9. The SMILES string of the molecule is c1ccc2c(c1)Oc1ccccc1C21c2ccccc2-c2cc(N(c3cccc4c3-c3ccccc3C43c4ccccc4Sc4ccccc43)c3cccc4c3-c3ccccc3C43c4ccccc4Sc4ccccc43)ccc21. The summed E-state index contributed by atoms with van der Waals surface area (Å²) in [4.78, 5) is 7.82. The van der Waals surface area contributed by atoms with Crippen LogP contribution >= 0.6 is 23.5 Å². The van der Waals surface area contributed by atoms with Crippen LogP contribution in [0.5, 0.6) is 11.5 Å². The highest BCUT2D eigenvalue weighted by molar-refractivity contribution is 7.99. The zero-order chi connectivity index (χ0) is 51.6. The second-order valence-electron chi connectivity index (χ2n) is 21.6. The van der Waals surface area contributed by atoms with Gasteiger partial charge in [-0.1, -0.05) is 236 Å². The van der Waals surface area contributed by atoms with Crippen molar-refractivity contribution in [2.24, 2.45) is 0 Å². The Morgan fingerprint density at radius 2 is 0.582 bits per heavy atom. The highest BCUT2D eigenvalue weighted by Gasteiger charge is 2.55. The van der Waals surface area contributed by atoms with Gasteiger partial charge in [0.05, 0.1) is 27.6 Å². The van der Waals surface area contributed by atoms with E-state index in [1.165, 1.54) is 109 Å². The Hall–Kier alpha value is -9.06. The molecule has 2 nitrogen and oxygen atoms in total. The van der Waals surface area contributed by atoms with E-state index < -0.39 is 16.2 Å². The van der Waals surface area contributed by atoms with Crippen molar-refractivity contribution in [1.29, 1.82) is 0 Å². The lowest BCUT2D eigenvalue weighted by molar-refractivity contribution is 0.436. The van der Waals surface area contributed by atoms with Crippen molar-refractivity contribution in [2.45, 2.75) is 35.8 Å². The third-order valence-corrected chi connectivity index (χ3v) is 20.6. The van der Waals surface area contributed by atoms with Crippen molar-refractivity contribution < 1.29 is 4.74 Å². The van der Waals surface area contributed by atoms with Gasteiger partial charge in [0.25, 0.3) is 0 Å². The molecule has 0 saturated carbocycles. The second-order valence-corrected chi connectivity index (χ2v) is 23.8. The lowest BCUT2D eigenvalue weighted by atomic mass is 9.66. The number of para-hydroxylation sites is 2. The number of ether oxygens (including phenoxy) is 1. The lowest BCUT2D eigenvalue weighted by Gasteiger charge is -2.40. The minimum Gasteiger partial charge on any atom is -0.457 e. The monoisotopic (exact) mass is 1040 g/mol. The van der Waals surface area contributed by atoms with Crippen molar-refractivity contribution in [1.82, 2.24) is 0 Å². The normalized spacial score (nSPS) is 15.4. The highest BCUT2D eigenvalue weighted by Crippen LogP contribution is 2.68. The fourth-order valence-electron chi connectivity index (χ4n) is 15.5. The third kappa shape index (κ3) is 5.41. The van der Waals surface area contributed by atoms with Crippen LogP contribution in [-0.4, -0.2) is 0 Å². The molecule has 0 N–H and O–H groups in total. The Morgan fingerprint density at radius 3 is 1.04 bits per heavy atom. The molecule has 3 aliphatic carbocycles. The minimum atomic E-state index is -0.598. The number of nitrogens with zero attached hydrogens (tertiary/aromatic N) is 1. The number of rotatable bonds is 3. The molecule has 0 radical (unpaired) electrons. The first-order chi connectivity index (χ1) is 39.2. The summed E-state index contributed by atoms with van der Waals surface area (Å²) in [6, 6.07) is 103. The molecule has 12 aromatic rings. The molecule has 3 spiro atoms. The largest absolute Gasteiger partial charge is 0.457 e. The third-order valence-electron chi connectivity index (χ3n) is 18.3. The van der Waals surface area contributed by atoms with Crippen LogP contribution in [0.1, 0.15) is 66.8 Å². The van der Waals surface area contributed by atoms with Crippen LogP contribution in [-0.2, 0) is 16.2 Å². The molecule has 6 aliphatic rings. The Bertz CT molecular complexity index is 4310. The summed E-state index contributed by atoms with van der Waals surface area (Å²) in [5.74, 6) is 1.78. The number of anilines is 3. The summed E-state index contributed by atoms with van der Waals surface area (Å²) in [7, 11) is 0. The van der Waals surface area contributed by atoms with Gasteiger partial charge in [-0.25, -0.2) is 0 Å². The first-order valence-electron chi connectivity index (χ1n) is 27.3. The average Bonchev–Trinajstić information content (AvgIpc) is 3.08. The van der Waals surface area contributed by atoms with Crippen molar-refractivity contribution >= 4 is 40.6 Å². The van der Waals surface area contributed by atoms with Gasteiger partial charge >= 0.3 is 0 Å². The van der Waals surface area contributed by atoms with E-state index >= 15 is 0 Å². The summed E-state index contributed by atoms with van der Waals surface area (Å²) in [6.45, 7) is 0. The zero-order valence-electron chi connectivity index (χ0n) is 42.7. The van der Waals surface area contributed by atoms with Gasteiger partial charge in [0.1, 0.15) is 11.5 Å². The molecular formula is C75H45NOS2. The van der Waals surface area contributed by atoms with E-state index in [2.05, 4.69) is 278 Å². The van der Waals surface area contributed by atoms with Gasteiger partial charge in [0.15, 0.2) is 0 Å². The van der Waals surface area contributed by atoms with E-state index in [1.54, 1.807) is 0 Å². The topological polar surface area (TPSA) is 12.5 Å². The molecule has 368 valence electrons. The summed E-state index contributed by atoms with van der Waals surface area (Å²) in [6.07, 6.45) is 0. The molecule has 3 aliphatic heterocycles. The standard InChI is InChI=1S/C75H45NOS2/c1-4-24-51-47(21-1)50-45-46(43-44-54(50)73(51)55-27-7-13-37-65(55)77-66-38-14-8-28-56(66)73)76(63-35-19-33-61-71(63)48-22-2-5-25-52(48)74(61)57-29-9-15-39-67(57)78-68-40-16-10-30-58(68)74)64-36-20-34-62-72(64)49-23-3-6-26-53(49)75(62)59-31-11-17-41-69(59)79-70-42-18-12-32-60(70)75/h1-45H. The second kappa shape index (κ2) is 16.0. The van der Waals surface area contributed by atoms with E-state index in [-0.39, 0.29) is 0 Å². The number of hydrogen-bond acceptors (Lipinski definition) is 4. The smallest absolute Gasteiger partial charge is 0.132 e. The van der Waals surface area contributed by atoms with Gasteiger partial charge in [-0.3, -0.25) is 0 Å². The molecule has 3 heterocycles. The summed E-state index contributed by atoms with van der Waals surface area (Å²) in [5, 5.41) is 0. The van der Waals surface area contributed by atoms with E-state index in [4.69, 9.17) is 4.74 Å². The van der Waals surface area contributed by atoms with Crippen molar-refractivity contribution in [3.63, 3.8) is 0 Å². The van der Waals surface area contributed by atoms with Crippen LogP contribution in [0.2, 0.25) is 0 Å². The van der Waals surface area contributed by atoms with Gasteiger partial charge in [-0.2, -0.15) is 0 Å². The number of benzene rings is 12. The molecule has 0 amide bonds. The Labute approximate surface area is 467 Å².